The Kier molecular flexibility index (Phi) is 6.74. The molecule has 0 aliphatic rings. The number of amides is 1. The van der Waals surface area contributed by atoms with Gasteiger partial charge >= 0.3 is 6.61 Å². The molecule has 0 aliphatic carbocycles. The molecule has 0 bridgehead atoms. The highest BCUT2D eigenvalue weighted by Gasteiger charge is 2.30. The Bertz CT molecular complexity index is 820. The molecule has 0 fully saturated rings. The highest BCUT2D eigenvalue weighted by molar-refractivity contribution is 7.99. The first-order valence-electron chi connectivity index (χ1n) is 7.97. The van der Waals surface area contributed by atoms with Gasteiger partial charge in [0.15, 0.2) is 0 Å². The summed E-state index contributed by atoms with van der Waals surface area (Å²) in [4.78, 5) is 12.0. The van der Waals surface area contributed by atoms with E-state index in [4.69, 9.17) is 4.42 Å². The molecule has 0 saturated heterocycles. The number of nitrogens with zero attached hydrogens (tertiary/aromatic N) is 3. The molecule has 0 spiro atoms. The van der Waals surface area contributed by atoms with Gasteiger partial charge in [0.25, 0.3) is 5.22 Å². The number of hydrogen-bond acceptors (Lipinski definition) is 7. The van der Waals surface area contributed by atoms with Crippen LogP contribution in [0.4, 0.5) is 8.78 Å². The zero-order chi connectivity index (χ0) is 20.0. The lowest BCUT2D eigenvalue weighted by molar-refractivity contribution is -0.120. The number of aromatic nitrogens is 2. The Morgan fingerprint density at radius 3 is 2.59 bits per heavy atom. The smallest absolute Gasteiger partial charge is 0.387 e. The maximum Gasteiger partial charge on any atom is 0.387 e. The average Bonchev–Trinajstić information content (AvgIpc) is 3.09. The molecule has 1 atom stereocenters. The number of halogens is 2. The predicted octanol–water partition coefficient (Wildman–Crippen LogP) is 3.48. The number of rotatable bonds is 8. The zero-order valence-electron chi connectivity index (χ0n) is 14.9. The molecule has 27 heavy (non-hydrogen) atoms. The minimum atomic E-state index is -2.90. The van der Waals surface area contributed by atoms with Crippen LogP contribution in [0.1, 0.15) is 20.8 Å². The lowest BCUT2D eigenvalue weighted by atomic mass is 9.90. The van der Waals surface area contributed by atoms with Crippen LogP contribution in [0.15, 0.2) is 33.9 Å². The van der Waals surface area contributed by atoms with E-state index in [1.54, 1.807) is 6.92 Å². The molecule has 1 aromatic carbocycles. The van der Waals surface area contributed by atoms with Crippen LogP contribution in [0.5, 0.6) is 5.75 Å². The van der Waals surface area contributed by atoms with E-state index >= 15 is 0 Å². The first-order valence-corrected chi connectivity index (χ1v) is 8.96. The van der Waals surface area contributed by atoms with Crippen molar-refractivity contribution >= 4 is 17.7 Å². The zero-order valence-corrected chi connectivity index (χ0v) is 15.7. The van der Waals surface area contributed by atoms with Crippen LogP contribution >= 0.6 is 11.8 Å². The first kappa shape index (κ1) is 20.6. The van der Waals surface area contributed by atoms with Crippen molar-refractivity contribution in [3.05, 3.63) is 24.3 Å². The van der Waals surface area contributed by atoms with Gasteiger partial charge in [-0.1, -0.05) is 25.6 Å². The van der Waals surface area contributed by atoms with Gasteiger partial charge in [-0.3, -0.25) is 4.79 Å². The summed E-state index contributed by atoms with van der Waals surface area (Å²) >= 11 is 1.03. The third kappa shape index (κ3) is 5.65. The molecule has 0 aliphatic heterocycles. The number of carbonyl (C=O) groups is 1. The van der Waals surface area contributed by atoms with Crippen molar-refractivity contribution in [2.45, 2.75) is 38.1 Å². The second-order valence-corrected chi connectivity index (χ2v) is 7.01. The van der Waals surface area contributed by atoms with Crippen LogP contribution in [0.25, 0.3) is 11.5 Å². The Hall–Kier alpha value is -2.67. The molecule has 2 aromatic rings. The van der Waals surface area contributed by atoms with Crippen LogP contribution in [0.3, 0.4) is 0 Å². The number of hydrogen-bond donors (Lipinski definition) is 1. The second kappa shape index (κ2) is 8.81. The van der Waals surface area contributed by atoms with E-state index in [-0.39, 0.29) is 34.4 Å². The summed E-state index contributed by atoms with van der Waals surface area (Å²) in [5.41, 5.74) is -0.433. The van der Waals surface area contributed by atoms with Crippen LogP contribution in [-0.2, 0) is 4.79 Å². The number of alkyl halides is 2. The fourth-order valence-corrected chi connectivity index (χ4v) is 2.48. The average molecular weight is 396 g/mol. The quantitative estimate of drug-likeness (QED) is 0.682. The second-order valence-electron chi connectivity index (χ2n) is 6.08. The number of carbonyl (C=O) groups excluding carboxylic acids is 1. The minimum absolute atomic E-state index is 0.00674. The summed E-state index contributed by atoms with van der Waals surface area (Å²) in [7, 11) is 0. The molecule has 0 radical (unpaired) electrons. The van der Waals surface area contributed by atoms with Crippen molar-refractivity contribution in [3.63, 3.8) is 0 Å². The van der Waals surface area contributed by atoms with Crippen LogP contribution in [0.2, 0.25) is 0 Å². The summed E-state index contributed by atoms with van der Waals surface area (Å²) in [6, 6.07) is 7.84. The molecule has 144 valence electrons. The molecule has 1 heterocycles. The Labute approximate surface area is 159 Å². The van der Waals surface area contributed by atoms with Gasteiger partial charge in [-0.2, -0.15) is 14.0 Å². The summed E-state index contributed by atoms with van der Waals surface area (Å²) in [5, 5.41) is 19.8. The summed E-state index contributed by atoms with van der Waals surface area (Å²) in [5.74, 6) is -0.169. The lowest BCUT2D eigenvalue weighted by Crippen LogP contribution is -2.49. The van der Waals surface area contributed by atoms with E-state index in [0.717, 1.165) is 11.8 Å². The van der Waals surface area contributed by atoms with Crippen molar-refractivity contribution in [2.75, 3.05) is 5.75 Å². The Balaban J connectivity index is 1.94. The third-order valence-corrected chi connectivity index (χ3v) is 4.66. The van der Waals surface area contributed by atoms with Gasteiger partial charge < -0.3 is 14.5 Å². The monoisotopic (exact) mass is 396 g/mol. The molecule has 1 unspecified atom stereocenters. The predicted molar refractivity (Wildman–Crippen MR) is 94.1 cm³/mol. The lowest BCUT2D eigenvalue weighted by Gasteiger charge is -2.27. The van der Waals surface area contributed by atoms with E-state index < -0.39 is 12.2 Å². The highest BCUT2D eigenvalue weighted by atomic mass is 32.2. The molecule has 7 nitrogen and oxygen atoms in total. The summed E-state index contributed by atoms with van der Waals surface area (Å²) < 4.78 is 34.0. The summed E-state index contributed by atoms with van der Waals surface area (Å²) in [6.07, 6.45) is 0. The van der Waals surface area contributed by atoms with Gasteiger partial charge in [-0.25, -0.2) is 0 Å². The fraction of sp³-hybridized carbons (Fsp3) is 0.412. The molecule has 1 N–H and O–H groups in total. The van der Waals surface area contributed by atoms with Gasteiger partial charge in [0.05, 0.1) is 11.8 Å². The molecule has 1 amide bonds. The molecule has 0 saturated carbocycles. The minimum Gasteiger partial charge on any atom is -0.435 e. The van der Waals surface area contributed by atoms with Crippen molar-refractivity contribution in [3.8, 4) is 23.3 Å². The van der Waals surface area contributed by atoms with E-state index in [1.807, 2.05) is 13.8 Å². The standard InChI is InChI=1S/C17H18F2N4O3S/c1-10(2)17(3,9-20)21-13(24)8-27-16-23-22-14(26-16)11-4-6-12(7-5-11)25-15(18)19/h4-7,10,15H,8H2,1-3H3,(H,21,24). The van der Waals surface area contributed by atoms with E-state index in [0.29, 0.717) is 5.56 Å². The van der Waals surface area contributed by atoms with Crippen LogP contribution in [-0.4, -0.2) is 34.0 Å². The van der Waals surface area contributed by atoms with Crippen LogP contribution < -0.4 is 10.1 Å². The highest BCUT2D eigenvalue weighted by Crippen LogP contribution is 2.25. The van der Waals surface area contributed by atoms with Gasteiger partial charge in [-0.05, 0) is 37.1 Å². The molecule has 1 aromatic heterocycles. The number of thioether (sulfide) groups is 1. The molecule has 2 rings (SSSR count). The Morgan fingerprint density at radius 2 is 2.04 bits per heavy atom. The maximum absolute atomic E-state index is 12.2. The number of nitrogens with one attached hydrogen (secondary N) is 1. The number of benzene rings is 1. The van der Waals surface area contributed by atoms with E-state index in [2.05, 4.69) is 26.3 Å². The fourth-order valence-electron chi connectivity index (χ4n) is 1.92. The van der Waals surface area contributed by atoms with Crippen molar-refractivity contribution in [1.29, 1.82) is 5.26 Å². The SMILES string of the molecule is CC(C)C(C)(C#N)NC(=O)CSc1nnc(-c2ccc(OC(F)F)cc2)o1. The van der Waals surface area contributed by atoms with E-state index in [9.17, 15) is 18.8 Å². The van der Waals surface area contributed by atoms with Crippen molar-refractivity contribution < 1.29 is 22.7 Å². The van der Waals surface area contributed by atoms with Gasteiger partial charge in [0, 0.05) is 5.56 Å². The number of ether oxygens (including phenoxy) is 1. The topological polar surface area (TPSA) is 101 Å². The van der Waals surface area contributed by atoms with Crippen LogP contribution in [0, 0.1) is 17.2 Å². The third-order valence-electron chi connectivity index (χ3n) is 3.85. The maximum atomic E-state index is 12.2. The summed E-state index contributed by atoms with van der Waals surface area (Å²) in [6.45, 7) is 2.45. The number of nitriles is 1. The first-order chi connectivity index (χ1) is 12.7. The Morgan fingerprint density at radius 1 is 1.37 bits per heavy atom. The van der Waals surface area contributed by atoms with Gasteiger partial charge in [0.1, 0.15) is 11.3 Å². The van der Waals surface area contributed by atoms with Crippen molar-refractivity contribution in [2.24, 2.45) is 5.92 Å². The van der Waals surface area contributed by atoms with Crippen molar-refractivity contribution in [1.82, 2.24) is 15.5 Å². The molecular formula is C17H18F2N4O3S. The molecular weight excluding hydrogens is 378 g/mol. The van der Waals surface area contributed by atoms with Gasteiger partial charge in [-0.15, -0.1) is 10.2 Å². The largest absolute Gasteiger partial charge is 0.435 e. The normalized spacial score (nSPS) is 13.3. The van der Waals surface area contributed by atoms with Gasteiger partial charge in [0.2, 0.25) is 11.8 Å². The molecule has 10 heteroatoms. The van der Waals surface area contributed by atoms with E-state index in [1.165, 1.54) is 24.3 Å².